The molecular formula is C29H35F6NO10S2. The van der Waals surface area contributed by atoms with Gasteiger partial charge >= 0.3 is 39.2 Å². The molecule has 0 aromatic carbocycles. The molecule has 4 aliphatic heterocycles. The highest BCUT2D eigenvalue weighted by molar-refractivity contribution is 8.01. The molecule has 8 fully saturated rings. The summed E-state index contributed by atoms with van der Waals surface area (Å²) in [6.07, 6.45) is 0.195. The Bertz CT molecular complexity index is 1500. The minimum Gasteiger partial charge on any atom is -0.458 e. The molecule has 19 heteroatoms. The van der Waals surface area contributed by atoms with Crippen molar-refractivity contribution < 1.29 is 72.6 Å². The van der Waals surface area contributed by atoms with Crippen LogP contribution < -0.4 is 0 Å². The summed E-state index contributed by atoms with van der Waals surface area (Å²) in [6, 6.07) is -0.692. The molecule has 11 nitrogen and oxygen atoms in total. The Balaban J connectivity index is 1.14. The zero-order valence-electron chi connectivity index (χ0n) is 26.0. The molecule has 1 N–H and O–H groups in total. The van der Waals surface area contributed by atoms with Gasteiger partial charge in [0.05, 0.1) is 28.5 Å². The maximum absolute atomic E-state index is 14.3. The van der Waals surface area contributed by atoms with Crippen LogP contribution in [0, 0.1) is 35.0 Å². The molecule has 0 aromatic heterocycles. The zero-order chi connectivity index (χ0) is 35.2. The summed E-state index contributed by atoms with van der Waals surface area (Å²) in [7, 11) is -5.91. The van der Waals surface area contributed by atoms with Crippen LogP contribution in [0.15, 0.2) is 0 Å². The van der Waals surface area contributed by atoms with Crippen molar-refractivity contribution in [3.05, 3.63) is 0 Å². The number of esters is 2. The summed E-state index contributed by atoms with van der Waals surface area (Å²) < 4.78 is 138. The topological polar surface area (TPSA) is 146 Å². The van der Waals surface area contributed by atoms with E-state index >= 15 is 0 Å². The fraction of sp³-hybridized carbons (Fsp3) is 0.897. The van der Waals surface area contributed by atoms with E-state index in [0.29, 0.717) is 19.3 Å². The van der Waals surface area contributed by atoms with Crippen molar-refractivity contribution in [3.63, 3.8) is 0 Å². The van der Waals surface area contributed by atoms with Crippen LogP contribution >= 0.6 is 11.8 Å². The Morgan fingerprint density at radius 1 is 1.00 bits per heavy atom. The van der Waals surface area contributed by atoms with E-state index in [9.17, 15) is 49.1 Å². The minimum absolute atomic E-state index is 0.0509. The lowest BCUT2D eigenvalue weighted by Gasteiger charge is -2.62. The summed E-state index contributed by atoms with van der Waals surface area (Å²) in [5.74, 6) is -16.9. The largest absolute Gasteiger partial charge is 0.458 e. The molecule has 0 aromatic rings. The first-order valence-electron chi connectivity index (χ1n) is 15.7. The average molecular weight is 736 g/mol. The van der Waals surface area contributed by atoms with Crippen LogP contribution in [-0.4, -0.2) is 107 Å². The number of hydrogen-bond acceptors (Lipinski definition) is 10. The van der Waals surface area contributed by atoms with Gasteiger partial charge in [-0.3, -0.25) is 18.9 Å². The normalized spacial score (nSPS) is 41.9. The van der Waals surface area contributed by atoms with Gasteiger partial charge in [0.1, 0.15) is 19.3 Å². The van der Waals surface area contributed by atoms with Crippen LogP contribution in [-0.2, 0) is 43.4 Å². The summed E-state index contributed by atoms with van der Waals surface area (Å²) in [6.45, 7) is 0.161. The molecule has 8 atom stereocenters. The molecule has 4 aliphatic carbocycles. The first-order chi connectivity index (χ1) is 21.9. The van der Waals surface area contributed by atoms with Gasteiger partial charge in [-0.05, 0) is 58.8 Å². The molecule has 1 amide bonds. The van der Waals surface area contributed by atoms with Crippen LogP contribution in [0.25, 0.3) is 0 Å². The first-order valence-corrected chi connectivity index (χ1v) is 18.1. The average Bonchev–Trinajstić information content (AvgIpc) is 3.55. The van der Waals surface area contributed by atoms with Gasteiger partial charge in [-0.25, -0.2) is 0 Å². The van der Waals surface area contributed by atoms with Crippen LogP contribution in [0.2, 0.25) is 0 Å². The van der Waals surface area contributed by atoms with Gasteiger partial charge in [0.25, 0.3) is 0 Å². The first kappa shape index (κ1) is 34.6. The predicted molar refractivity (Wildman–Crippen MR) is 150 cm³/mol. The quantitative estimate of drug-likeness (QED) is 0.243. The molecule has 8 unspecified atom stereocenters. The standard InChI is InChI=1S/C29H35F6NO10S2/c1-24(2,3)36-17-18(20-16(15(21(36)37)19(17)47-20)22(38)43-11-28(34,35)48(40,41)42)46-23(39)25-6-12-4-13(7-25)29(14(5-12)8-25)44-9-26(30,31)27(32,33)10-45-29/h12-20H,4-11H2,1-3H3,(H,40,41,42). The fourth-order valence-electron chi connectivity index (χ4n) is 9.69. The van der Waals surface area contributed by atoms with E-state index in [0.717, 1.165) is 0 Å². The smallest absolute Gasteiger partial charge is 0.402 e. The lowest BCUT2D eigenvalue weighted by Crippen LogP contribution is -2.65. The Labute approximate surface area is 275 Å². The molecule has 8 aliphatic rings. The van der Waals surface area contributed by atoms with Gasteiger partial charge in [0, 0.05) is 22.6 Å². The molecule has 4 saturated carbocycles. The SMILES string of the molecule is CC(C)(C)N1C(=O)C2C3SC(C(OC(=O)C45CC6CC(C4)C4(OCC(F)(F)C(F)(F)CO4)C(C6)C5)C31)C2C(=O)OCC(F)(F)S(=O)(=O)O. The second-order valence-corrected chi connectivity index (χ2v) is 18.3. The Hall–Kier alpha value is -1.83. The molecule has 48 heavy (non-hydrogen) atoms. The third-order valence-corrected chi connectivity index (χ3v) is 14.1. The van der Waals surface area contributed by atoms with E-state index in [1.54, 1.807) is 20.8 Å². The number of fused-ring (bicyclic) bond motifs is 1. The highest BCUT2D eigenvalue weighted by Crippen LogP contribution is 2.67. The van der Waals surface area contributed by atoms with Crippen molar-refractivity contribution in [2.24, 2.45) is 35.0 Å². The van der Waals surface area contributed by atoms with Crippen molar-refractivity contribution in [3.8, 4) is 0 Å². The minimum atomic E-state index is -5.91. The van der Waals surface area contributed by atoms with Crippen molar-refractivity contribution >= 4 is 39.7 Å². The summed E-state index contributed by atoms with van der Waals surface area (Å²) in [4.78, 5) is 42.8. The van der Waals surface area contributed by atoms with E-state index in [2.05, 4.69) is 4.74 Å². The van der Waals surface area contributed by atoms with E-state index in [1.807, 2.05) is 0 Å². The number of amides is 1. The predicted octanol–water partition coefficient (Wildman–Crippen LogP) is 3.50. The second-order valence-electron chi connectivity index (χ2n) is 15.4. The van der Waals surface area contributed by atoms with Crippen LogP contribution in [0.5, 0.6) is 0 Å². The van der Waals surface area contributed by atoms with Crippen molar-refractivity contribution in [2.75, 3.05) is 19.8 Å². The lowest BCUT2D eigenvalue weighted by atomic mass is 9.47. The highest BCUT2D eigenvalue weighted by atomic mass is 32.2. The third kappa shape index (κ3) is 4.78. The molecule has 6 bridgehead atoms. The van der Waals surface area contributed by atoms with E-state index in [1.165, 1.54) is 16.7 Å². The molecule has 4 saturated heterocycles. The highest BCUT2D eigenvalue weighted by Gasteiger charge is 2.75. The Kier molecular flexibility index (Phi) is 7.48. The van der Waals surface area contributed by atoms with E-state index in [4.69, 9.17) is 18.8 Å². The molecule has 0 radical (unpaired) electrons. The maximum atomic E-state index is 14.3. The fourth-order valence-corrected chi connectivity index (χ4v) is 12.0. The van der Waals surface area contributed by atoms with E-state index < -0.39 is 128 Å². The number of hydrogen-bond donors (Lipinski definition) is 1. The number of nitrogens with zero attached hydrogens (tertiary/aromatic N) is 1. The molecular weight excluding hydrogens is 700 g/mol. The number of carbonyl (C=O) groups excluding carboxylic acids is 3. The van der Waals surface area contributed by atoms with Crippen LogP contribution in [0.4, 0.5) is 26.3 Å². The number of alkyl halides is 6. The van der Waals surface area contributed by atoms with Crippen molar-refractivity contribution in [1.82, 2.24) is 4.90 Å². The van der Waals surface area contributed by atoms with Gasteiger partial charge in [0.15, 0.2) is 12.4 Å². The third-order valence-electron chi connectivity index (χ3n) is 11.5. The summed E-state index contributed by atoms with van der Waals surface area (Å²) in [5.41, 5.74) is -1.97. The van der Waals surface area contributed by atoms with Gasteiger partial charge in [-0.1, -0.05) is 0 Å². The molecule has 8 rings (SSSR count). The number of carbonyl (C=O) groups is 3. The van der Waals surface area contributed by atoms with Gasteiger partial charge < -0.3 is 23.8 Å². The van der Waals surface area contributed by atoms with Crippen LogP contribution in [0.3, 0.4) is 0 Å². The van der Waals surface area contributed by atoms with Gasteiger partial charge in [0.2, 0.25) is 5.91 Å². The number of ether oxygens (including phenoxy) is 4. The lowest BCUT2D eigenvalue weighted by molar-refractivity contribution is -0.346. The number of thioether (sulfide) groups is 1. The van der Waals surface area contributed by atoms with Gasteiger partial charge in [-0.2, -0.15) is 34.8 Å². The summed E-state index contributed by atoms with van der Waals surface area (Å²) in [5, 5.41) is -6.31. The zero-order valence-corrected chi connectivity index (χ0v) is 27.6. The van der Waals surface area contributed by atoms with Crippen molar-refractivity contribution in [1.29, 1.82) is 0 Å². The van der Waals surface area contributed by atoms with Crippen molar-refractivity contribution in [2.45, 2.75) is 104 Å². The van der Waals surface area contributed by atoms with E-state index in [-0.39, 0.29) is 18.8 Å². The maximum Gasteiger partial charge on any atom is 0.402 e. The molecule has 4 heterocycles. The monoisotopic (exact) mass is 735 g/mol. The Morgan fingerprint density at radius 2 is 1.56 bits per heavy atom. The number of likely N-dealkylation sites (tertiary alicyclic amines) is 1. The Morgan fingerprint density at radius 3 is 2.08 bits per heavy atom. The van der Waals surface area contributed by atoms with Gasteiger partial charge in [-0.15, -0.1) is 11.8 Å². The number of rotatable bonds is 6. The van der Waals surface area contributed by atoms with Crippen LogP contribution in [0.1, 0.15) is 52.9 Å². The molecule has 1 spiro atoms. The second kappa shape index (κ2) is 10.4. The number of halogens is 6. The summed E-state index contributed by atoms with van der Waals surface area (Å²) >= 11 is 1.18. The molecule has 270 valence electrons.